The number of hydrogen-bond acceptors (Lipinski definition) is 4. The molecule has 5 rings (SSSR count). The summed E-state index contributed by atoms with van der Waals surface area (Å²) in [4.78, 5) is 40.3. The number of carbonyl (C=O) groups is 3. The van der Waals surface area contributed by atoms with Crippen LogP contribution in [-0.2, 0) is 19.7 Å². The van der Waals surface area contributed by atoms with Gasteiger partial charge in [-0.3, -0.25) is 14.4 Å². The van der Waals surface area contributed by atoms with Crippen molar-refractivity contribution in [2.24, 2.45) is 11.8 Å². The standard InChI is InChI=1S/C26H25FN2O4/c1-25(2,3)16-6-4-15(5-7-16)22(30)28-14-26-13-12-19(33-26)20-21(26)24(32)29(23(20)31)18-10-8-17(27)9-11-18/h4-13,19-21H,14H2,1-3H3,(H,28,30). The van der Waals surface area contributed by atoms with E-state index in [1.165, 1.54) is 24.3 Å². The van der Waals surface area contributed by atoms with Crippen LogP contribution >= 0.6 is 0 Å². The first kappa shape index (κ1) is 21.5. The van der Waals surface area contributed by atoms with E-state index in [1.54, 1.807) is 24.3 Å². The minimum absolute atomic E-state index is 0.0178. The molecule has 2 aromatic carbocycles. The van der Waals surface area contributed by atoms with Crippen LogP contribution in [0.5, 0.6) is 0 Å². The topological polar surface area (TPSA) is 75.7 Å². The number of fused-ring (bicyclic) bond motifs is 5. The summed E-state index contributed by atoms with van der Waals surface area (Å²) in [5.74, 6) is -2.88. The second-order valence-electron chi connectivity index (χ2n) is 9.90. The molecule has 33 heavy (non-hydrogen) atoms. The maximum Gasteiger partial charge on any atom is 0.251 e. The van der Waals surface area contributed by atoms with E-state index in [2.05, 4.69) is 26.1 Å². The Bertz CT molecular complexity index is 1170. The minimum atomic E-state index is -1.09. The van der Waals surface area contributed by atoms with Crippen molar-refractivity contribution in [3.05, 3.63) is 77.6 Å². The van der Waals surface area contributed by atoms with Gasteiger partial charge in [-0.05, 0) is 47.4 Å². The Hall–Kier alpha value is -3.32. The van der Waals surface area contributed by atoms with Gasteiger partial charge in [0.15, 0.2) is 0 Å². The van der Waals surface area contributed by atoms with Crippen molar-refractivity contribution in [3.8, 4) is 0 Å². The molecule has 0 saturated carbocycles. The number of carbonyl (C=O) groups excluding carboxylic acids is 3. The minimum Gasteiger partial charge on any atom is -0.360 e. The highest BCUT2D eigenvalue weighted by Gasteiger charge is 2.67. The van der Waals surface area contributed by atoms with E-state index in [9.17, 15) is 18.8 Å². The molecule has 2 aromatic rings. The zero-order valence-electron chi connectivity index (χ0n) is 18.7. The summed E-state index contributed by atoms with van der Waals surface area (Å²) in [6.07, 6.45) is 3.03. The Labute approximate surface area is 191 Å². The Balaban J connectivity index is 1.35. The molecule has 3 heterocycles. The van der Waals surface area contributed by atoms with E-state index in [4.69, 9.17) is 4.74 Å². The predicted molar refractivity (Wildman–Crippen MR) is 120 cm³/mol. The van der Waals surface area contributed by atoms with Gasteiger partial charge in [0, 0.05) is 5.56 Å². The molecule has 0 aromatic heterocycles. The van der Waals surface area contributed by atoms with Crippen molar-refractivity contribution in [2.45, 2.75) is 37.9 Å². The highest BCUT2D eigenvalue weighted by Crippen LogP contribution is 2.52. The lowest BCUT2D eigenvalue weighted by Gasteiger charge is -2.29. The highest BCUT2D eigenvalue weighted by atomic mass is 19.1. The van der Waals surface area contributed by atoms with Gasteiger partial charge in [0.1, 0.15) is 11.4 Å². The lowest BCUT2D eigenvalue weighted by atomic mass is 9.77. The molecule has 2 bridgehead atoms. The molecule has 3 aliphatic heterocycles. The van der Waals surface area contributed by atoms with Crippen LogP contribution in [0.3, 0.4) is 0 Å². The number of nitrogens with zero attached hydrogens (tertiary/aromatic N) is 1. The van der Waals surface area contributed by atoms with Crippen molar-refractivity contribution in [1.29, 1.82) is 0 Å². The van der Waals surface area contributed by atoms with Crippen LogP contribution in [0.15, 0.2) is 60.7 Å². The van der Waals surface area contributed by atoms with E-state index in [-0.39, 0.29) is 23.8 Å². The number of halogens is 1. The first-order chi connectivity index (χ1) is 15.6. The third kappa shape index (κ3) is 3.38. The molecule has 170 valence electrons. The zero-order chi connectivity index (χ0) is 23.5. The molecule has 4 atom stereocenters. The maximum absolute atomic E-state index is 13.3. The summed E-state index contributed by atoms with van der Waals surface area (Å²) in [5, 5.41) is 2.88. The molecule has 3 amide bonds. The highest BCUT2D eigenvalue weighted by molar-refractivity contribution is 6.23. The van der Waals surface area contributed by atoms with Gasteiger partial charge in [0.2, 0.25) is 11.8 Å². The summed E-state index contributed by atoms with van der Waals surface area (Å²) >= 11 is 0. The number of ether oxygens (including phenoxy) is 1. The normalized spacial score (nSPS) is 27.9. The molecule has 1 N–H and O–H groups in total. The lowest BCUT2D eigenvalue weighted by Crippen LogP contribution is -2.48. The molecule has 2 fully saturated rings. The van der Waals surface area contributed by atoms with Crippen molar-refractivity contribution in [1.82, 2.24) is 5.32 Å². The van der Waals surface area contributed by atoms with Crippen molar-refractivity contribution < 1.29 is 23.5 Å². The van der Waals surface area contributed by atoms with E-state index < -0.39 is 35.3 Å². The van der Waals surface area contributed by atoms with E-state index in [1.807, 2.05) is 12.1 Å². The number of rotatable bonds is 4. The SMILES string of the molecule is CC(C)(C)c1ccc(C(=O)NCC23C=CC(O2)C2C(=O)N(c4ccc(F)cc4)C(=O)C23)cc1. The molecule has 2 saturated heterocycles. The van der Waals surface area contributed by atoms with Gasteiger partial charge in [-0.1, -0.05) is 45.1 Å². The van der Waals surface area contributed by atoms with Gasteiger partial charge in [0.05, 0.1) is 30.2 Å². The van der Waals surface area contributed by atoms with Crippen LogP contribution in [0, 0.1) is 17.7 Å². The second kappa shape index (κ2) is 7.35. The Kier molecular flexibility index (Phi) is 4.79. The molecular weight excluding hydrogens is 423 g/mol. The monoisotopic (exact) mass is 448 g/mol. The maximum atomic E-state index is 13.3. The molecular formula is C26H25FN2O4. The Morgan fingerprint density at radius 3 is 2.36 bits per heavy atom. The molecule has 0 spiro atoms. The predicted octanol–water partition coefficient (Wildman–Crippen LogP) is 3.37. The molecule has 4 unspecified atom stereocenters. The number of nitrogens with one attached hydrogen (secondary N) is 1. The number of imide groups is 1. The fourth-order valence-corrected chi connectivity index (χ4v) is 4.99. The van der Waals surface area contributed by atoms with Gasteiger partial charge in [-0.15, -0.1) is 0 Å². The summed E-state index contributed by atoms with van der Waals surface area (Å²) in [7, 11) is 0. The largest absolute Gasteiger partial charge is 0.360 e. The number of amides is 3. The summed E-state index contributed by atoms with van der Waals surface area (Å²) in [6, 6.07) is 12.7. The molecule has 7 heteroatoms. The van der Waals surface area contributed by atoms with E-state index in [0.717, 1.165) is 10.5 Å². The molecule has 6 nitrogen and oxygen atoms in total. The smallest absolute Gasteiger partial charge is 0.251 e. The van der Waals surface area contributed by atoms with Crippen molar-refractivity contribution >= 4 is 23.4 Å². The van der Waals surface area contributed by atoms with E-state index in [0.29, 0.717) is 11.3 Å². The fraction of sp³-hybridized carbons (Fsp3) is 0.346. The molecule has 3 aliphatic rings. The number of hydrogen-bond donors (Lipinski definition) is 1. The van der Waals surface area contributed by atoms with Crippen LogP contribution in [0.4, 0.5) is 10.1 Å². The van der Waals surface area contributed by atoms with Crippen LogP contribution in [0.2, 0.25) is 0 Å². The van der Waals surface area contributed by atoms with E-state index >= 15 is 0 Å². The van der Waals surface area contributed by atoms with Gasteiger partial charge in [-0.2, -0.15) is 0 Å². The van der Waals surface area contributed by atoms with Gasteiger partial charge in [-0.25, -0.2) is 9.29 Å². The van der Waals surface area contributed by atoms with Crippen LogP contribution in [-0.4, -0.2) is 36.0 Å². The summed E-state index contributed by atoms with van der Waals surface area (Å²) in [6.45, 7) is 6.38. The summed E-state index contributed by atoms with van der Waals surface area (Å²) < 4.78 is 19.4. The van der Waals surface area contributed by atoms with Crippen LogP contribution in [0.25, 0.3) is 0 Å². The third-order valence-corrected chi connectivity index (χ3v) is 6.78. The zero-order valence-corrected chi connectivity index (χ0v) is 18.7. The summed E-state index contributed by atoms with van der Waals surface area (Å²) in [5.41, 5.74) is 0.859. The van der Waals surface area contributed by atoms with Gasteiger partial charge >= 0.3 is 0 Å². The second-order valence-corrected chi connectivity index (χ2v) is 9.90. The number of anilines is 1. The Morgan fingerprint density at radius 1 is 1.06 bits per heavy atom. The quantitative estimate of drug-likeness (QED) is 0.575. The molecule has 0 aliphatic carbocycles. The number of benzene rings is 2. The van der Waals surface area contributed by atoms with Gasteiger partial charge < -0.3 is 10.1 Å². The first-order valence-electron chi connectivity index (χ1n) is 11.0. The van der Waals surface area contributed by atoms with Gasteiger partial charge in [0.25, 0.3) is 5.91 Å². The first-order valence-corrected chi connectivity index (χ1v) is 11.0. The van der Waals surface area contributed by atoms with Crippen molar-refractivity contribution in [3.63, 3.8) is 0 Å². The van der Waals surface area contributed by atoms with Crippen LogP contribution < -0.4 is 10.2 Å². The average Bonchev–Trinajstić information content (AvgIpc) is 3.43. The van der Waals surface area contributed by atoms with Crippen LogP contribution in [0.1, 0.15) is 36.7 Å². The lowest BCUT2D eigenvalue weighted by molar-refractivity contribution is -0.126. The molecule has 0 radical (unpaired) electrons. The third-order valence-electron chi connectivity index (χ3n) is 6.78. The Morgan fingerprint density at radius 2 is 1.73 bits per heavy atom. The van der Waals surface area contributed by atoms with Crippen molar-refractivity contribution in [2.75, 3.05) is 11.4 Å². The average molecular weight is 448 g/mol. The fourth-order valence-electron chi connectivity index (χ4n) is 4.99.